The molecule has 1 spiro atoms. The highest BCUT2D eigenvalue weighted by molar-refractivity contribution is 6.10. The number of nitrogens with zero attached hydrogens (tertiary/aromatic N) is 1. The van der Waals surface area contributed by atoms with Gasteiger partial charge >= 0.3 is 12.1 Å². The molecule has 2 atom stereocenters. The third-order valence-electron chi connectivity index (χ3n) is 5.69. The molecule has 1 saturated heterocycles. The summed E-state index contributed by atoms with van der Waals surface area (Å²) in [5, 5.41) is 7.41. The van der Waals surface area contributed by atoms with Crippen LogP contribution in [-0.4, -0.2) is 47.7 Å². The fourth-order valence-electron chi connectivity index (χ4n) is 4.09. The molecule has 10 nitrogen and oxygen atoms in total. The molecule has 2 fully saturated rings. The smallest absolute Gasteiger partial charge is 0.325 e. The van der Waals surface area contributed by atoms with Crippen molar-refractivity contribution in [1.82, 2.24) is 15.5 Å². The first-order chi connectivity index (χ1) is 13.9. The number of ether oxygens (including phenoxy) is 2. The van der Waals surface area contributed by atoms with E-state index in [-0.39, 0.29) is 12.7 Å². The summed E-state index contributed by atoms with van der Waals surface area (Å²) in [7, 11) is 0. The highest BCUT2D eigenvalue weighted by Gasteiger charge is 2.55. The van der Waals surface area contributed by atoms with Crippen LogP contribution in [0.15, 0.2) is 18.2 Å². The molecule has 0 unspecified atom stereocenters. The van der Waals surface area contributed by atoms with Crippen molar-refractivity contribution in [3.05, 3.63) is 18.2 Å². The molecule has 29 heavy (non-hydrogen) atoms. The largest absolute Gasteiger partial charge is 0.454 e. The first-order valence-electron chi connectivity index (χ1n) is 9.53. The molecule has 2 aliphatic heterocycles. The van der Waals surface area contributed by atoms with E-state index in [0.717, 1.165) is 24.2 Å². The van der Waals surface area contributed by atoms with Gasteiger partial charge in [-0.15, -0.1) is 0 Å². The standard InChI is InChI=1S/C19H22N4O6/c1-11-4-2-3-7-19(11)16(25)23(18(27)22-19)9-15(24)21-17(26)20-12-5-6-13-14(8-12)29-10-28-13/h5-6,8,11H,2-4,7,9-10H2,1H3,(H,22,27)(H2,20,21,24,26)/t11-,19-/m1/s1. The van der Waals surface area contributed by atoms with Gasteiger partial charge in [0.15, 0.2) is 11.5 Å². The maximum Gasteiger partial charge on any atom is 0.325 e. The average molecular weight is 402 g/mol. The molecule has 1 aromatic rings. The lowest BCUT2D eigenvalue weighted by molar-refractivity contribution is -0.137. The van der Waals surface area contributed by atoms with Gasteiger partial charge in [-0.3, -0.25) is 19.8 Å². The average Bonchev–Trinajstić information content (AvgIpc) is 3.23. The van der Waals surface area contributed by atoms with Crippen LogP contribution in [0.2, 0.25) is 0 Å². The summed E-state index contributed by atoms with van der Waals surface area (Å²) in [6.07, 6.45) is 3.24. The first-order valence-corrected chi connectivity index (χ1v) is 9.53. The highest BCUT2D eigenvalue weighted by Crippen LogP contribution is 2.38. The molecule has 154 valence electrons. The molecular weight excluding hydrogens is 380 g/mol. The second-order valence-corrected chi connectivity index (χ2v) is 7.51. The van der Waals surface area contributed by atoms with E-state index in [1.165, 1.54) is 0 Å². The predicted molar refractivity (Wildman–Crippen MR) is 100 cm³/mol. The van der Waals surface area contributed by atoms with Gasteiger partial charge < -0.3 is 20.1 Å². The summed E-state index contributed by atoms with van der Waals surface area (Å²) >= 11 is 0. The zero-order valence-electron chi connectivity index (χ0n) is 15.9. The topological polar surface area (TPSA) is 126 Å². The van der Waals surface area contributed by atoms with Gasteiger partial charge in [-0.1, -0.05) is 19.8 Å². The number of imide groups is 2. The second kappa shape index (κ2) is 7.26. The summed E-state index contributed by atoms with van der Waals surface area (Å²) in [5.74, 6) is -0.111. The van der Waals surface area contributed by atoms with E-state index < -0.39 is 36.0 Å². The van der Waals surface area contributed by atoms with E-state index in [1.54, 1.807) is 18.2 Å². The number of rotatable bonds is 3. The molecular formula is C19H22N4O6. The fraction of sp³-hybridized carbons (Fsp3) is 0.474. The molecule has 1 aliphatic carbocycles. The first kappa shape index (κ1) is 19.0. The highest BCUT2D eigenvalue weighted by atomic mass is 16.7. The van der Waals surface area contributed by atoms with Crippen molar-refractivity contribution >= 4 is 29.6 Å². The van der Waals surface area contributed by atoms with Gasteiger partial charge in [0.1, 0.15) is 12.1 Å². The number of carbonyl (C=O) groups is 4. The third-order valence-corrected chi connectivity index (χ3v) is 5.69. The Morgan fingerprint density at radius 2 is 2.03 bits per heavy atom. The molecule has 3 aliphatic rings. The Kier molecular flexibility index (Phi) is 4.77. The molecule has 1 aromatic carbocycles. The minimum absolute atomic E-state index is 0.00457. The van der Waals surface area contributed by atoms with Crippen LogP contribution in [-0.2, 0) is 9.59 Å². The van der Waals surface area contributed by atoms with Crippen molar-refractivity contribution in [2.24, 2.45) is 5.92 Å². The lowest BCUT2D eigenvalue weighted by Gasteiger charge is -2.36. The van der Waals surface area contributed by atoms with Crippen LogP contribution in [0, 0.1) is 5.92 Å². The molecule has 1 saturated carbocycles. The Labute approximate surface area is 166 Å². The van der Waals surface area contributed by atoms with Crippen molar-refractivity contribution < 1.29 is 28.7 Å². The van der Waals surface area contributed by atoms with Gasteiger partial charge in [0.05, 0.1) is 0 Å². The Morgan fingerprint density at radius 3 is 2.83 bits per heavy atom. The van der Waals surface area contributed by atoms with Crippen molar-refractivity contribution in [2.45, 2.75) is 38.1 Å². The molecule has 4 rings (SSSR count). The van der Waals surface area contributed by atoms with Crippen molar-refractivity contribution in [2.75, 3.05) is 18.7 Å². The van der Waals surface area contributed by atoms with Crippen LogP contribution in [0.4, 0.5) is 15.3 Å². The van der Waals surface area contributed by atoms with E-state index in [1.807, 2.05) is 6.92 Å². The van der Waals surface area contributed by atoms with Crippen LogP contribution in [0.3, 0.4) is 0 Å². The monoisotopic (exact) mass is 402 g/mol. The van der Waals surface area contributed by atoms with E-state index in [2.05, 4.69) is 16.0 Å². The zero-order valence-corrected chi connectivity index (χ0v) is 15.9. The Bertz CT molecular complexity index is 887. The fourth-order valence-corrected chi connectivity index (χ4v) is 4.09. The maximum absolute atomic E-state index is 12.9. The van der Waals surface area contributed by atoms with E-state index >= 15 is 0 Å². The summed E-state index contributed by atoms with van der Waals surface area (Å²) in [6, 6.07) is 3.43. The molecule has 3 N–H and O–H groups in total. The normalized spacial score (nSPS) is 25.1. The molecule has 6 amide bonds. The molecule has 0 aromatic heterocycles. The van der Waals surface area contributed by atoms with Crippen molar-refractivity contribution in [1.29, 1.82) is 0 Å². The van der Waals surface area contributed by atoms with Gasteiger partial charge in [-0.05, 0) is 30.9 Å². The maximum atomic E-state index is 12.9. The van der Waals surface area contributed by atoms with Gasteiger partial charge in [0, 0.05) is 11.8 Å². The summed E-state index contributed by atoms with van der Waals surface area (Å²) in [6.45, 7) is 1.52. The van der Waals surface area contributed by atoms with Gasteiger partial charge in [0.25, 0.3) is 5.91 Å². The van der Waals surface area contributed by atoms with E-state index in [0.29, 0.717) is 23.6 Å². The van der Waals surface area contributed by atoms with Gasteiger partial charge in [0.2, 0.25) is 12.7 Å². The minimum Gasteiger partial charge on any atom is -0.454 e. The van der Waals surface area contributed by atoms with E-state index in [9.17, 15) is 19.2 Å². The van der Waals surface area contributed by atoms with Gasteiger partial charge in [-0.25, -0.2) is 9.59 Å². The Morgan fingerprint density at radius 1 is 1.24 bits per heavy atom. The molecule has 0 bridgehead atoms. The summed E-state index contributed by atoms with van der Waals surface area (Å²) in [5.41, 5.74) is -0.533. The van der Waals surface area contributed by atoms with Crippen LogP contribution in [0.1, 0.15) is 32.6 Å². The number of carbonyl (C=O) groups excluding carboxylic acids is 4. The number of anilines is 1. The number of fused-ring (bicyclic) bond motifs is 1. The second-order valence-electron chi connectivity index (χ2n) is 7.51. The van der Waals surface area contributed by atoms with E-state index in [4.69, 9.17) is 9.47 Å². The molecule has 10 heteroatoms. The zero-order chi connectivity index (χ0) is 20.6. The number of urea groups is 2. The SMILES string of the molecule is C[C@@H]1CCCC[C@@]12NC(=O)N(CC(=O)NC(=O)Nc1ccc3c(c1)OCO3)C2=O. The van der Waals surface area contributed by atoms with Crippen molar-refractivity contribution in [3.8, 4) is 11.5 Å². The minimum atomic E-state index is -0.940. The Balaban J connectivity index is 1.35. The quantitative estimate of drug-likeness (QED) is 0.659. The van der Waals surface area contributed by atoms with Crippen LogP contribution in [0.25, 0.3) is 0 Å². The third kappa shape index (κ3) is 3.45. The lowest BCUT2D eigenvalue weighted by atomic mass is 9.73. The van der Waals surface area contributed by atoms with Crippen LogP contribution < -0.4 is 25.4 Å². The van der Waals surface area contributed by atoms with Gasteiger partial charge in [-0.2, -0.15) is 0 Å². The Hall–Kier alpha value is -3.30. The number of hydrogen-bond donors (Lipinski definition) is 3. The summed E-state index contributed by atoms with van der Waals surface area (Å²) < 4.78 is 10.4. The number of hydrogen-bond acceptors (Lipinski definition) is 6. The number of amides is 6. The lowest BCUT2D eigenvalue weighted by Crippen LogP contribution is -2.54. The van der Waals surface area contributed by atoms with Crippen molar-refractivity contribution in [3.63, 3.8) is 0 Å². The van der Waals surface area contributed by atoms with Crippen LogP contribution in [0.5, 0.6) is 11.5 Å². The molecule has 0 radical (unpaired) electrons. The number of benzene rings is 1. The predicted octanol–water partition coefficient (Wildman–Crippen LogP) is 1.56. The molecule has 2 heterocycles. The van der Waals surface area contributed by atoms with Crippen LogP contribution >= 0.6 is 0 Å². The summed E-state index contributed by atoms with van der Waals surface area (Å²) in [4.78, 5) is 50.4. The number of nitrogens with one attached hydrogen (secondary N) is 3.